The Balaban J connectivity index is 1.91. The summed E-state index contributed by atoms with van der Waals surface area (Å²) in [5, 5.41) is 13.8. The minimum Gasteiger partial charge on any atom is -0.492 e. The van der Waals surface area contributed by atoms with Crippen LogP contribution in [0.4, 0.5) is 11.4 Å². The van der Waals surface area contributed by atoms with E-state index in [0.29, 0.717) is 28.3 Å². The molecule has 8 heteroatoms. The number of nitrogens with zero attached hydrogens (tertiary/aromatic N) is 1. The Bertz CT molecular complexity index is 884. The van der Waals surface area contributed by atoms with Gasteiger partial charge in [0.2, 0.25) is 0 Å². The van der Waals surface area contributed by atoms with Crippen molar-refractivity contribution in [3.05, 3.63) is 56.0 Å². The van der Waals surface area contributed by atoms with Crippen LogP contribution in [0.1, 0.15) is 29.8 Å². The maximum Gasteiger partial charge on any atom is 0.284 e. The molecule has 3 rings (SSSR count). The highest BCUT2D eigenvalue weighted by molar-refractivity contribution is 9.10. The summed E-state index contributed by atoms with van der Waals surface area (Å²) in [6, 6.07) is 7.81. The Hall–Kier alpha value is -2.61. The van der Waals surface area contributed by atoms with E-state index in [9.17, 15) is 14.9 Å². The predicted molar refractivity (Wildman–Crippen MR) is 100 cm³/mol. The van der Waals surface area contributed by atoms with Gasteiger partial charge in [-0.25, -0.2) is 0 Å². The Morgan fingerprint density at radius 3 is 2.88 bits per heavy atom. The number of fused-ring (bicyclic) bond motifs is 1. The van der Waals surface area contributed by atoms with E-state index in [2.05, 4.69) is 21.2 Å². The minimum atomic E-state index is -0.545. The van der Waals surface area contributed by atoms with Gasteiger partial charge in [-0.15, -0.1) is 0 Å². The van der Waals surface area contributed by atoms with Crippen LogP contribution in [-0.2, 0) is 6.42 Å². The largest absolute Gasteiger partial charge is 0.492 e. The predicted octanol–water partition coefficient (Wildman–Crippen LogP) is 4.33. The lowest BCUT2D eigenvalue weighted by atomic mass is 10.1. The van der Waals surface area contributed by atoms with Crippen LogP contribution < -0.4 is 14.8 Å². The molecule has 0 spiro atoms. The molecule has 0 aliphatic carbocycles. The zero-order valence-corrected chi connectivity index (χ0v) is 15.8. The molecule has 0 saturated carbocycles. The van der Waals surface area contributed by atoms with Crippen LogP contribution in [0.15, 0.2) is 34.8 Å². The molecule has 1 heterocycles. The lowest BCUT2D eigenvalue weighted by Crippen LogP contribution is -2.13. The van der Waals surface area contributed by atoms with Crippen molar-refractivity contribution in [1.82, 2.24) is 0 Å². The average Bonchev–Trinajstić information content (AvgIpc) is 2.94. The van der Waals surface area contributed by atoms with Crippen LogP contribution in [0.25, 0.3) is 0 Å². The molecule has 7 nitrogen and oxygen atoms in total. The number of nitrogens with one attached hydrogen (secondary N) is 1. The summed E-state index contributed by atoms with van der Waals surface area (Å²) in [5.41, 5.74) is 1.50. The fourth-order valence-corrected chi connectivity index (χ4v) is 3.19. The summed E-state index contributed by atoms with van der Waals surface area (Å²) in [5.74, 6) is 0.787. The summed E-state index contributed by atoms with van der Waals surface area (Å²) in [4.78, 5) is 23.1. The molecule has 0 aromatic heterocycles. The van der Waals surface area contributed by atoms with Crippen molar-refractivity contribution in [3.8, 4) is 11.5 Å². The molecule has 0 saturated heterocycles. The molecule has 2 aromatic rings. The molecule has 0 radical (unpaired) electrons. The molecular weight excluding hydrogens is 404 g/mol. The second kappa shape index (κ2) is 7.33. The van der Waals surface area contributed by atoms with E-state index < -0.39 is 10.8 Å². The van der Waals surface area contributed by atoms with E-state index in [4.69, 9.17) is 9.47 Å². The molecule has 26 heavy (non-hydrogen) atoms. The molecular formula is C18H17BrN2O5. The maximum absolute atomic E-state index is 12.6. The lowest BCUT2D eigenvalue weighted by molar-refractivity contribution is -0.385. The number of carbonyl (C=O) groups excluding carboxylic acids is 1. The fraction of sp³-hybridized carbons (Fsp3) is 0.278. The van der Waals surface area contributed by atoms with E-state index in [1.165, 1.54) is 18.2 Å². The van der Waals surface area contributed by atoms with Crippen molar-refractivity contribution in [2.75, 3.05) is 11.9 Å². The van der Waals surface area contributed by atoms with Crippen molar-refractivity contribution in [1.29, 1.82) is 0 Å². The Kier molecular flexibility index (Phi) is 5.13. The molecule has 136 valence electrons. The normalized spacial score (nSPS) is 15.1. The second-order valence-electron chi connectivity index (χ2n) is 5.90. The number of amides is 1. The second-order valence-corrected chi connectivity index (χ2v) is 6.75. The number of rotatable bonds is 5. The Morgan fingerprint density at radius 2 is 2.19 bits per heavy atom. The summed E-state index contributed by atoms with van der Waals surface area (Å²) in [7, 11) is 0. The Labute approximate surface area is 158 Å². The summed E-state index contributed by atoms with van der Waals surface area (Å²) in [6.45, 7) is 4.28. The molecule has 1 aliphatic heterocycles. The van der Waals surface area contributed by atoms with Crippen LogP contribution >= 0.6 is 15.9 Å². The van der Waals surface area contributed by atoms with Crippen LogP contribution in [0.2, 0.25) is 0 Å². The SMILES string of the molecule is CCOc1cc2c(cc1NC(=O)c1ccc(Br)c([N+](=O)[O-])c1)O[C@H](C)C2. The maximum atomic E-state index is 12.6. The van der Waals surface area contributed by atoms with Crippen LogP contribution in [-0.4, -0.2) is 23.5 Å². The van der Waals surface area contributed by atoms with Crippen LogP contribution in [0.5, 0.6) is 11.5 Å². The van der Waals surface area contributed by atoms with Gasteiger partial charge in [0.15, 0.2) is 0 Å². The van der Waals surface area contributed by atoms with E-state index in [0.717, 1.165) is 12.0 Å². The number of nitro groups is 1. The molecule has 1 aliphatic rings. The summed E-state index contributed by atoms with van der Waals surface area (Å²) < 4.78 is 11.7. The summed E-state index contributed by atoms with van der Waals surface area (Å²) in [6.07, 6.45) is 0.849. The first kappa shape index (κ1) is 18.2. The topological polar surface area (TPSA) is 90.7 Å². The smallest absolute Gasteiger partial charge is 0.284 e. The molecule has 0 bridgehead atoms. The Morgan fingerprint density at radius 1 is 1.42 bits per heavy atom. The average molecular weight is 421 g/mol. The van der Waals surface area contributed by atoms with Gasteiger partial charge in [-0.05, 0) is 48.0 Å². The van der Waals surface area contributed by atoms with E-state index >= 15 is 0 Å². The number of carbonyl (C=O) groups is 1. The van der Waals surface area contributed by atoms with E-state index in [1.807, 2.05) is 19.9 Å². The molecule has 0 unspecified atom stereocenters. The molecule has 1 atom stereocenters. The highest BCUT2D eigenvalue weighted by Crippen LogP contribution is 2.38. The van der Waals surface area contributed by atoms with Crippen molar-refractivity contribution in [2.45, 2.75) is 26.4 Å². The van der Waals surface area contributed by atoms with E-state index in [1.54, 1.807) is 6.07 Å². The van der Waals surface area contributed by atoms with Gasteiger partial charge >= 0.3 is 0 Å². The zero-order valence-electron chi connectivity index (χ0n) is 14.2. The number of benzene rings is 2. The highest BCUT2D eigenvalue weighted by Gasteiger charge is 2.23. The minimum absolute atomic E-state index is 0.0690. The van der Waals surface area contributed by atoms with Gasteiger partial charge in [0.1, 0.15) is 17.6 Å². The highest BCUT2D eigenvalue weighted by atomic mass is 79.9. The van der Waals surface area contributed by atoms with Crippen molar-refractivity contribution >= 4 is 33.2 Å². The fourth-order valence-electron chi connectivity index (χ4n) is 2.80. The molecule has 1 amide bonds. The molecule has 2 aromatic carbocycles. The van der Waals surface area contributed by atoms with Crippen molar-refractivity contribution in [2.24, 2.45) is 0 Å². The zero-order chi connectivity index (χ0) is 18.8. The molecule has 0 fully saturated rings. The first-order chi connectivity index (χ1) is 12.4. The third kappa shape index (κ3) is 3.65. The van der Waals surface area contributed by atoms with Gasteiger partial charge in [-0.1, -0.05) is 0 Å². The number of ether oxygens (including phenoxy) is 2. The first-order valence-corrected chi connectivity index (χ1v) is 8.90. The third-order valence-electron chi connectivity index (χ3n) is 3.95. The quantitative estimate of drug-likeness (QED) is 0.573. The number of hydrogen-bond donors (Lipinski definition) is 1. The van der Waals surface area contributed by atoms with Gasteiger partial charge in [0, 0.05) is 29.7 Å². The van der Waals surface area contributed by atoms with Gasteiger partial charge < -0.3 is 14.8 Å². The molecule has 1 N–H and O–H groups in total. The van der Waals surface area contributed by atoms with Gasteiger partial charge in [-0.3, -0.25) is 14.9 Å². The first-order valence-electron chi connectivity index (χ1n) is 8.10. The van der Waals surface area contributed by atoms with Gasteiger partial charge in [-0.2, -0.15) is 0 Å². The third-order valence-corrected chi connectivity index (χ3v) is 4.62. The van der Waals surface area contributed by atoms with Crippen LogP contribution in [0, 0.1) is 10.1 Å². The standard InChI is InChI=1S/C18H17BrN2O5/c1-3-25-17-8-12-6-10(2)26-16(12)9-14(17)20-18(22)11-4-5-13(19)15(7-11)21(23)24/h4-5,7-10H,3,6H2,1-2H3,(H,20,22)/t10-/m1/s1. The van der Waals surface area contributed by atoms with Crippen molar-refractivity contribution < 1.29 is 19.2 Å². The lowest BCUT2D eigenvalue weighted by Gasteiger charge is -2.13. The number of anilines is 1. The van der Waals surface area contributed by atoms with E-state index in [-0.39, 0.29) is 17.4 Å². The number of halogens is 1. The van der Waals surface area contributed by atoms with Gasteiger partial charge in [0.05, 0.1) is 21.7 Å². The summed E-state index contributed by atoms with van der Waals surface area (Å²) >= 11 is 3.11. The number of nitro benzene ring substituents is 1. The van der Waals surface area contributed by atoms with Crippen molar-refractivity contribution in [3.63, 3.8) is 0 Å². The van der Waals surface area contributed by atoms with Crippen LogP contribution in [0.3, 0.4) is 0 Å². The number of hydrogen-bond acceptors (Lipinski definition) is 5. The van der Waals surface area contributed by atoms with Gasteiger partial charge in [0.25, 0.3) is 11.6 Å². The monoisotopic (exact) mass is 420 g/mol.